The van der Waals surface area contributed by atoms with Gasteiger partial charge in [0.1, 0.15) is 23.3 Å². The molecule has 0 heterocycles. The summed E-state index contributed by atoms with van der Waals surface area (Å²) in [6, 6.07) is 8.26. The van der Waals surface area contributed by atoms with Gasteiger partial charge < -0.3 is 39.1 Å². The minimum absolute atomic E-state index is 0.0595. The Hall–Kier alpha value is -7.34. The number of nitrogens with one attached hydrogen (secondary N) is 2. The number of benzene rings is 2. The van der Waals surface area contributed by atoms with E-state index in [0.29, 0.717) is 12.8 Å². The van der Waals surface area contributed by atoms with E-state index in [9.17, 15) is 48.9 Å². The van der Waals surface area contributed by atoms with Crippen molar-refractivity contribution in [3.63, 3.8) is 0 Å². The van der Waals surface area contributed by atoms with Crippen LogP contribution in [0.25, 0.3) is 12.2 Å². The number of unbranched alkanes of at least 4 members (excludes halogenated alkanes) is 1. The van der Waals surface area contributed by atoms with E-state index in [2.05, 4.69) is 10.6 Å². The topological polar surface area (TPSA) is 264 Å². The normalized spacial score (nSPS) is 10.7. The first-order chi connectivity index (χ1) is 25.4. The Labute approximate surface area is 308 Å². The van der Waals surface area contributed by atoms with Crippen molar-refractivity contribution >= 4 is 59.8 Å². The molecule has 0 aromatic heterocycles. The molecule has 0 saturated heterocycles. The van der Waals surface area contributed by atoms with E-state index in [4.69, 9.17) is 28.4 Å². The molecule has 0 radical (unpaired) electrons. The first-order valence-electron chi connectivity index (χ1n) is 15.7. The van der Waals surface area contributed by atoms with Crippen LogP contribution in [0.5, 0.6) is 34.5 Å². The molecule has 282 valence electrons. The van der Waals surface area contributed by atoms with Gasteiger partial charge in [0, 0.05) is 54.6 Å². The average molecular weight is 747 g/mol. The van der Waals surface area contributed by atoms with Crippen LogP contribution in [0.3, 0.4) is 0 Å². The van der Waals surface area contributed by atoms with Gasteiger partial charge in [-0.1, -0.05) is 0 Å². The number of nitrogens with zero attached hydrogens (tertiary/aromatic N) is 2. The molecule has 0 aliphatic carbocycles. The van der Waals surface area contributed by atoms with Crippen LogP contribution in [0.1, 0.15) is 65.5 Å². The molecule has 2 N–H and O–H groups in total. The smallest absolute Gasteiger partial charge is 0.308 e. The number of amides is 2. The van der Waals surface area contributed by atoms with Gasteiger partial charge in [0.2, 0.25) is 11.5 Å². The molecule has 0 aliphatic rings. The van der Waals surface area contributed by atoms with Crippen LogP contribution in [0, 0.1) is 22.7 Å². The van der Waals surface area contributed by atoms with Crippen molar-refractivity contribution in [1.29, 1.82) is 10.5 Å². The average Bonchev–Trinajstić information content (AvgIpc) is 3.05. The third-order valence-electron chi connectivity index (χ3n) is 6.12. The maximum Gasteiger partial charge on any atom is 0.308 e. The van der Waals surface area contributed by atoms with E-state index in [1.807, 2.05) is 0 Å². The van der Waals surface area contributed by atoms with Crippen LogP contribution in [-0.4, -0.2) is 60.7 Å². The summed E-state index contributed by atoms with van der Waals surface area (Å²) in [5.41, 5.74) is -0.603. The maximum atomic E-state index is 12.8. The van der Waals surface area contributed by atoms with Crippen LogP contribution in [-0.2, 0) is 38.4 Å². The Morgan fingerprint density at radius 1 is 0.500 bits per heavy atom. The summed E-state index contributed by atoms with van der Waals surface area (Å²) < 4.78 is 30.5. The Balaban J connectivity index is 2.13. The monoisotopic (exact) mass is 746 g/mol. The lowest BCUT2D eigenvalue weighted by Crippen LogP contribution is -2.28. The highest BCUT2D eigenvalue weighted by molar-refractivity contribution is 6.02. The van der Waals surface area contributed by atoms with Gasteiger partial charge in [-0.15, -0.1) is 0 Å². The van der Waals surface area contributed by atoms with Crippen LogP contribution in [0.15, 0.2) is 35.4 Å². The van der Waals surface area contributed by atoms with Gasteiger partial charge in [0.15, 0.2) is 23.0 Å². The zero-order chi connectivity index (χ0) is 40.5. The molecule has 0 aliphatic heterocycles. The molecule has 0 unspecified atom stereocenters. The molecule has 0 bridgehead atoms. The molecular formula is C36H34N4O14. The van der Waals surface area contributed by atoms with Gasteiger partial charge in [0.25, 0.3) is 11.8 Å². The highest BCUT2D eigenvalue weighted by atomic mass is 16.6. The number of hydrogen-bond acceptors (Lipinski definition) is 16. The van der Waals surface area contributed by atoms with Gasteiger partial charge in [-0.3, -0.25) is 38.4 Å². The van der Waals surface area contributed by atoms with Gasteiger partial charge in [-0.05, 0) is 60.4 Å². The number of carbonyl (C=O) groups excluding carboxylic acids is 8. The van der Waals surface area contributed by atoms with Crippen molar-refractivity contribution in [3.05, 3.63) is 46.5 Å². The second kappa shape index (κ2) is 20.5. The van der Waals surface area contributed by atoms with Crippen molar-refractivity contribution < 1.29 is 66.8 Å². The molecule has 0 atom stereocenters. The standard InChI is InChI=1S/C36H34N4O14/c1-19(41)49-29-13-25(14-30(50-20(2)42)33(29)53-23(5)45)11-27(17-37)35(47)39-9-7-8-10-40-36(48)28(18-38)12-26-15-31(51-21(3)43)34(54-24(6)46)32(16-26)52-22(4)44/h11-16H,7-10H2,1-6H3,(H,39,47)(H,40,48)/b27-11+,28-12+. The number of rotatable bonds is 15. The molecule has 2 amide bonds. The molecule has 0 saturated carbocycles. The Morgan fingerprint density at radius 2 is 0.759 bits per heavy atom. The van der Waals surface area contributed by atoms with Crippen LogP contribution < -0.4 is 39.1 Å². The van der Waals surface area contributed by atoms with Crippen molar-refractivity contribution in [3.8, 4) is 46.6 Å². The zero-order valence-electron chi connectivity index (χ0n) is 29.9. The van der Waals surface area contributed by atoms with Gasteiger partial charge in [-0.2, -0.15) is 10.5 Å². The molecule has 18 nitrogen and oxygen atoms in total. The number of hydrogen-bond donors (Lipinski definition) is 2. The van der Waals surface area contributed by atoms with E-state index < -0.39 is 47.6 Å². The fourth-order valence-electron chi connectivity index (χ4n) is 4.25. The summed E-state index contributed by atoms with van der Waals surface area (Å²) in [5.74, 6) is -8.38. The number of nitriles is 2. The van der Waals surface area contributed by atoms with Crippen molar-refractivity contribution in [1.82, 2.24) is 10.6 Å². The number of esters is 6. The Bertz CT molecular complexity index is 1800. The molecule has 2 aromatic rings. The fourth-order valence-corrected chi connectivity index (χ4v) is 4.25. The Kier molecular flexibility index (Phi) is 16.3. The lowest BCUT2D eigenvalue weighted by Gasteiger charge is -2.14. The minimum atomic E-state index is -0.810. The first kappa shape index (κ1) is 42.8. The molecule has 18 heteroatoms. The van der Waals surface area contributed by atoms with Crippen molar-refractivity contribution in [2.75, 3.05) is 13.1 Å². The number of carbonyl (C=O) groups is 8. The van der Waals surface area contributed by atoms with E-state index in [1.54, 1.807) is 12.1 Å². The van der Waals surface area contributed by atoms with Crippen molar-refractivity contribution in [2.45, 2.75) is 54.4 Å². The van der Waals surface area contributed by atoms with Crippen LogP contribution >= 0.6 is 0 Å². The lowest BCUT2D eigenvalue weighted by molar-refractivity contribution is -0.135. The molecular weight excluding hydrogens is 712 g/mol. The summed E-state index contributed by atoms with van der Waals surface area (Å²) in [5, 5.41) is 24.4. The summed E-state index contributed by atoms with van der Waals surface area (Å²) >= 11 is 0. The minimum Gasteiger partial charge on any atom is -0.423 e. The Morgan fingerprint density at radius 3 is 0.981 bits per heavy atom. The number of ether oxygens (including phenoxy) is 6. The molecule has 2 rings (SSSR count). The molecule has 54 heavy (non-hydrogen) atoms. The third-order valence-corrected chi connectivity index (χ3v) is 6.12. The predicted molar refractivity (Wildman–Crippen MR) is 183 cm³/mol. The van der Waals surface area contributed by atoms with E-state index in [1.165, 1.54) is 24.3 Å². The SMILES string of the molecule is CC(=O)Oc1cc(/C=C(\C#N)C(=O)NCCCCNC(=O)/C(C#N)=C/c2cc(OC(C)=O)c(OC(C)=O)c(OC(C)=O)c2)cc(OC(C)=O)c1OC(C)=O. The predicted octanol–water partition coefficient (Wildman–Crippen LogP) is 2.77. The summed E-state index contributed by atoms with van der Waals surface area (Å²) in [6.07, 6.45) is 2.87. The van der Waals surface area contributed by atoms with Crippen LogP contribution in [0.2, 0.25) is 0 Å². The largest absolute Gasteiger partial charge is 0.423 e. The van der Waals surface area contributed by atoms with E-state index in [0.717, 1.165) is 53.7 Å². The second-order valence-electron chi connectivity index (χ2n) is 10.8. The summed E-state index contributed by atoms with van der Waals surface area (Å²) in [4.78, 5) is 95.5. The van der Waals surface area contributed by atoms with Gasteiger partial charge in [-0.25, -0.2) is 0 Å². The van der Waals surface area contributed by atoms with Crippen LogP contribution in [0.4, 0.5) is 0 Å². The maximum absolute atomic E-state index is 12.8. The quantitative estimate of drug-likeness (QED) is 0.0872. The highest BCUT2D eigenvalue weighted by Crippen LogP contribution is 2.41. The van der Waals surface area contributed by atoms with Gasteiger partial charge >= 0.3 is 35.8 Å². The lowest BCUT2D eigenvalue weighted by atomic mass is 10.1. The molecule has 0 spiro atoms. The van der Waals surface area contributed by atoms with E-state index >= 15 is 0 Å². The third kappa shape index (κ3) is 14.1. The zero-order valence-corrected chi connectivity index (χ0v) is 29.9. The van der Waals surface area contributed by atoms with E-state index in [-0.39, 0.29) is 69.9 Å². The summed E-state index contributed by atoms with van der Waals surface area (Å²) in [7, 11) is 0. The molecule has 0 fully saturated rings. The van der Waals surface area contributed by atoms with Gasteiger partial charge in [0.05, 0.1) is 0 Å². The fraction of sp³-hybridized carbons (Fsp3) is 0.278. The second-order valence-corrected chi connectivity index (χ2v) is 10.8. The molecule has 2 aromatic carbocycles. The summed E-state index contributed by atoms with van der Waals surface area (Å²) in [6.45, 7) is 6.56. The highest BCUT2D eigenvalue weighted by Gasteiger charge is 2.22. The first-order valence-corrected chi connectivity index (χ1v) is 15.7. The van der Waals surface area contributed by atoms with Crippen molar-refractivity contribution in [2.24, 2.45) is 0 Å².